The standard InChI is InChI=1S/C10H9NO.C8H13NO.4C7H11NO.2C6H9NO.C5H4F3NO.C4H2F3NO/c1-8-7-11-10(12-8)9-5-3-2-4-6-9;1-6-5-9-7(10-6)8(2,3)4;1-7(2,3)6-8-4-5-9-6;1-5(2)7-4-8-6(3)9-7;2*1-5(2)7-8-4-6(3)9-7;1-5(2)6-3-7-4-8-6;1-5(2)6-7-3-4-8-6;1-3-2-9-4(10-3)5(6,7)8;5-4(6,7)3-8-1-2-9-3/h2-7H,1H3;5H,1-4H3;4*4-5H,1-3H3;2*3-5H,1-2H3;2H,1H3;1-2H. The van der Waals surface area contributed by atoms with Crippen molar-refractivity contribution in [2.24, 2.45) is 0 Å². The third kappa shape index (κ3) is 32.7. The van der Waals surface area contributed by atoms with Gasteiger partial charge in [-0.15, -0.1) is 0 Å². The van der Waals surface area contributed by atoms with E-state index < -0.39 is 24.1 Å². The largest absolute Gasteiger partial charge is 0.468 e. The number of hydrogen-bond donors (Lipinski definition) is 0. The summed E-state index contributed by atoms with van der Waals surface area (Å²) in [5, 5.41) is 0. The van der Waals surface area contributed by atoms with Gasteiger partial charge in [0.15, 0.2) is 41.7 Å². The molecule has 510 valence electrons. The molecule has 0 saturated heterocycles. The maximum atomic E-state index is 11.6. The van der Waals surface area contributed by atoms with Crippen LogP contribution in [0.3, 0.4) is 0 Å². The molecule has 0 aliphatic heterocycles. The van der Waals surface area contributed by atoms with Crippen LogP contribution in [0.5, 0.6) is 0 Å². The Hall–Kier alpha value is -9.10. The van der Waals surface area contributed by atoms with Gasteiger partial charge in [-0.3, -0.25) is 0 Å². The average Bonchev–Trinajstić information content (AvgIpc) is 2.23. The molecule has 11 aromatic rings. The first-order valence-electron chi connectivity index (χ1n) is 29.6. The first kappa shape index (κ1) is 80.0. The second-order valence-corrected chi connectivity index (χ2v) is 23.8. The Balaban J connectivity index is 0.000000353. The van der Waals surface area contributed by atoms with E-state index in [4.69, 9.17) is 35.3 Å². The van der Waals surface area contributed by atoms with Crippen LogP contribution >= 0.6 is 0 Å². The Kier molecular flexibility index (Phi) is 33.3. The minimum Gasteiger partial charge on any atom is -0.449 e. The van der Waals surface area contributed by atoms with E-state index in [0.29, 0.717) is 35.5 Å². The van der Waals surface area contributed by atoms with E-state index in [2.05, 4.69) is 156 Å². The van der Waals surface area contributed by atoms with Crippen molar-refractivity contribution in [3.63, 3.8) is 0 Å². The molecule has 0 unspecified atom stereocenters. The van der Waals surface area contributed by atoms with E-state index in [1.54, 1.807) is 62.1 Å². The summed E-state index contributed by atoms with van der Waals surface area (Å²) in [4.78, 5) is 37.9. The van der Waals surface area contributed by atoms with Crippen LogP contribution in [0, 0.1) is 41.5 Å². The van der Waals surface area contributed by atoms with Crippen LogP contribution in [0.25, 0.3) is 11.5 Å². The van der Waals surface area contributed by atoms with Crippen LogP contribution in [-0.4, -0.2) is 49.8 Å². The summed E-state index contributed by atoms with van der Waals surface area (Å²) in [5.74, 6) is 10.8. The molecule has 0 aliphatic rings. The Labute approximate surface area is 540 Å². The second-order valence-electron chi connectivity index (χ2n) is 23.8. The van der Waals surface area contributed by atoms with Crippen molar-refractivity contribution in [1.82, 2.24) is 49.8 Å². The molecular formula is C67H90F6N10O10. The summed E-state index contributed by atoms with van der Waals surface area (Å²) in [7, 11) is 0. The molecule has 0 amide bonds. The highest BCUT2D eigenvalue weighted by atomic mass is 19.4. The zero-order valence-corrected chi connectivity index (χ0v) is 57.2. The van der Waals surface area contributed by atoms with Gasteiger partial charge < -0.3 is 44.2 Å². The predicted molar refractivity (Wildman–Crippen MR) is 337 cm³/mol. The van der Waals surface area contributed by atoms with Gasteiger partial charge in [0.2, 0.25) is 5.89 Å². The van der Waals surface area contributed by atoms with Crippen molar-refractivity contribution in [1.29, 1.82) is 0 Å². The molecule has 0 radical (unpaired) electrons. The highest BCUT2D eigenvalue weighted by Gasteiger charge is 2.37. The highest BCUT2D eigenvalue weighted by Crippen LogP contribution is 2.29. The molecule has 20 nitrogen and oxygen atoms in total. The van der Waals surface area contributed by atoms with Gasteiger partial charge in [-0.05, 0) is 46.8 Å². The number of aryl methyl sites for hydroxylation is 6. The molecule has 10 heterocycles. The molecule has 0 N–H and O–H groups in total. The summed E-state index contributed by atoms with van der Waals surface area (Å²) >= 11 is 0. The quantitative estimate of drug-likeness (QED) is 0.140. The molecule has 93 heavy (non-hydrogen) atoms. The fourth-order valence-electron chi connectivity index (χ4n) is 6.17. The summed E-state index contributed by atoms with van der Waals surface area (Å²) in [6.45, 7) is 43.9. The van der Waals surface area contributed by atoms with Gasteiger partial charge in [0.1, 0.15) is 59.1 Å². The summed E-state index contributed by atoms with van der Waals surface area (Å²) in [6, 6.07) is 9.86. The lowest BCUT2D eigenvalue weighted by molar-refractivity contribution is -0.157. The predicted octanol–water partition coefficient (Wildman–Crippen LogP) is 20.5. The number of oxazole rings is 10. The van der Waals surface area contributed by atoms with Crippen LogP contribution in [0.1, 0.15) is 228 Å². The molecule has 0 aliphatic carbocycles. The SMILES string of the molecule is CC(C)(C)c1ncco1.CC(C)c1cnco1.CC(C)c1ncco1.Cc1cnc(-c2ccccc2)o1.Cc1cnc(C(C)(C)C)o1.Cc1cnc(C(C)C)o1.Cc1cnc(C(C)C)o1.Cc1cnc(C(F)(F)F)o1.Cc1ncc(C(C)C)o1.FC(F)(F)c1ncco1. The van der Waals surface area contributed by atoms with Crippen molar-refractivity contribution < 1.29 is 70.5 Å². The molecule has 0 spiro atoms. The van der Waals surface area contributed by atoms with Gasteiger partial charge in [-0.25, -0.2) is 49.8 Å². The van der Waals surface area contributed by atoms with E-state index in [0.717, 1.165) is 94.1 Å². The van der Waals surface area contributed by atoms with Gasteiger partial charge in [0.25, 0.3) is 0 Å². The van der Waals surface area contributed by atoms with Crippen molar-refractivity contribution in [3.05, 3.63) is 205 Å². The van der Waals surface area contributed by atoms with E-state index >= 15 is 0 Å². The average molecular weight is 1310 g/mol. The van der Waals surface area contributed by atoms with Crippen molar-refractivity contribution >= 4 is 0 Å². The molecule has 11 rings (SSSR count). The summed E-state index contributed by atoms with van der Waals surface area (Å²) in [5.41, 5.74) is 1.10. The second kappa shape index (κ2) is 38.7. The number of hydrogen-bond acceptors (Lipinski definition) is 20. The van der Waals surface area contributed by atoms with Crippen LogP contribution in [0.4, 0.5) is 26.3 Å². The van der Waals surface area contributed by atoms with E-state index in [9.17, 15) is 26.3 Å². The van der Waals surface area contributed by atoms with Gasteiger partial charge >= 0.3 is 24.1 Å². The zero-order valence-electron chi connectivity index (χ0n) is 57.2. The third-order valence-electron chi connectivity index (χ3n) is 11.0. The molecule has 26 heteroatoms. The topological polar surface area (TPSA) is 260 Å². The van der Waals surface area contributed by atoms with Crippen LogP contribution in [-0.2, 0) is 23.2 Å². The maximum Gasteiger partial charge on any atom is 0.468 e. The Morgan fingerprint density at radius 2 is 0.763 bits per heavy atom. The summed E-state index contributed by atoms with van der Waals surface area (Å²) < 4.78 is 119. The molecule has 0 bridgehead atoms. The Bertz CT molecular complexity index is 3360. The third-order valence-corrected chi connectivity index (χ3v) is 11.0. The summed E-state index contributed by atoms with van der Waals surface area (Å²) in [6.07, 6.45) is 12.4. The minimum absolute atomic E-state index is 0.0360. The minimum atomic E-state index is -4.46. The van der Waals surface area contributed by atoms with Crippen molar-refractivity contribution in [2.45, 2.75) is 205 Å². The van der Waals surface area contributed by atoms with Crippen LogP contribution in [0.2, 0.25) is 0 Å². The van der Waals surface area contributed by atoms with E-state index in [-0.39, 0.29) is 16.6 Å². The first-order chi connectivity index (χ1) is 43.3. The number of benzene rings is 1. The normalized spacial score (nSPS) is 11.1. The number of nitrogens with zero attached hydrogens (tertiary/aromatic N) is 10. The van der Waals surface area contributed by atoms with E-state index in [1.165, 1.54) is 13.3 Å². The lowest BCUT2D eigenvalue weighted by atomic mass is 9.97. The molecular weight excluding hydrogens is 1220 g/mol. The maximum absolute atomic E-state index is 11.6. The lowest BCUT2D eigenvalue weighted by Gasteiger charge is -2.11. The van der Waals surface area contributed by atoms with Crippen LogP contribution in [0.15, 0.2) is 162 Å². The fourth-order valence-corrected chi connectivity index (χ4v) is 6.17. The van der Waals surface area contributed by atoms with Gasteiger partial charge in [-0.1, -0.05) is 129 Å². The Morgan fingerprint density at radius 3 is 0.989 bits per heavy atom. The molecule has 0 atom stereocenters. The van der Waals surface area contributed by atoms with Crippen molar-refractivity contribution in [2.75, 3.05) is 0 Å². The van der Waals surface area contributed by atoms with Crippen LogP contribution < -0.4 is 0 Å². The van der Waals surface area contributed by atoms with Crippen molar-refractivity contribution in [3.8, 4) is 11.5 Å². The van der Waals surface area contributed by atoms with Gasteiger partial charge in [-0.2, -0.15) is 26.3 Å². The molecule has 1 aromatic carbocycles. The zero-order chi connectivity index (χ0) is 70.3. The number of alkyl halides is 6. The number of aromatic nitrogens is 10. The van der Waals surface area contributed by atoms with Gasteiger partial charge in [0.05, 0.1) is 62.0 Å². The lowest BCUT2D eigenvalue weighted by Crippen LogP contribution is -2.10. The Morgan fingerprint density at radius 1 is 0.344 bits per heavy atom. The smallest absolute Gasteiger partial charge is 0.449 e. The molecule has 10 aromatic heterocycles. The van der Waals surface area contributed by atoms with Gasteiger partial charge in [0, 0.05) is 52.9 Å². The highest BCUT2D eigenvalue weighted by molar-refractivity contribution is 5.52. The number of halogens is 6. The fraction of sp³-hybridized carbons (Fsp3) is 0.463. The number of rotatable bonds is 6. The monoisotopic (exact) mass is 1310 g/mol. The first-order valence-corrected chi connectivity index (χ1v) is 29.6. The molecule has 0 saturated carbocycles. The van der Waals surface area contributed by atoms with E-state index in [1.807, 2.05) is 78.8 Å². The molecule has 0 fully saturated rings.